The van der Waals surface area contributed by atoms with Gasteiger partial charge in [-0.05, 0) is 32.2 Å². The number of nitrogens with two attached hydrogens (primary N) is 1. The number of aromatic nitrogens is 1. The van der Waals surface area contributed by atoms with Crippen LogP contribution in [0.15, 0.2) is 0 Å². The number of rotatable bonds is 3. The Morgan fingerprint density at radius 2 is 2.44 bits per heavy atom. The lowest BCUT2D eigenvalue weighted by molar-refractivity contribution is 0.460. The van der Waals surface area contributed by atoms with Crippen LogP contribution in [0.5, 0.6) is 0 Å². The van der Waals surface area contributed by atoms with E-state index < -0.39 is 6.85 Å². The first kappa shape index (κ1) is 11.1. The molecule has 3 N–H and O–H groups in total. The molecule has 0 spiro atoms. The first-order chi connectivity index (χ1) is 7.94. The Bertz CT molecular complexity index is 398. The van der Waals surface area contributed by atoms with Gasteiger partial charge < -0.3 is 11.1 Å². The average molecular weight is 287 g/mol. The van der Waals surface area contributed by atoms with Crippen LogP contribution in [0.25, 0.3) is 0 Å². The maximum atomic E-state index is 7.14. The molecule has 1 aromatic heterocycles. The van der Waals surface area contributed by atoms with Crippen molar-refractivity contribution in [3.63, 3.8) is 0 Å². The Morgan fingerprint density at radius 3 is 3.19 bits per heavy atom. The van der Waals surface area contributed by atoms with Gasteiger partial charge in [0, 0.05) is 15.0 Å². The van der Waals surface area contributed by atoms with Crippen molar-refractivity contribution >= 4 is 41.3 Å². The van der Waals surface area contributed by atoms with Gasteiger partial charge in [-0.15, -0.1) is 36.2 Å². The Kier molecular flexibility index (Phi) is 5.07. The first-order valence-electron chi connectivity index (χ1n) is 6.41. The number of hydrogen-bond donors (Lipinski definition) is 2. The van der Waals surface area contributed by atoms with Gasteiger partial charge in [0.1, 0.15) is 0 Å². The zero-order valence-corrected chi connectivity index (χ0v) is 11.3. The Hall–Kier alpha value is -0.0300. The number of fused-ring (bicyclic) bond motifs is 1. The molecule has 0 radical (unpaired) electrons. The van der Waals surface area contributed by atoms with Crippen molar-refractivity contribution in [1.82, 2.24) is 10.3 Å². The summed E-state index contributed by atoms with van der Waals surface area (Å²) < 4.78 is 21.4. The molecule has 0 bridgehead atoms. The molecule has 0 aliphatic heterocycles. The Balaban J connectivity index is 0.00000162. The summed E-state index contributed by atoms with van der Waals surface area (Å²) in [6.07, 6.45) is 3.10. The van der Waals surface area contributed by atoms with E-state index in [4.69, 9.17) is 9.85 Å². The predicted molar refractivity (Wildman–Crippen MR) is 75.1 cm³/mol. The maximum absolute atomic E-state index is 7.14. The van der Waals surface area contributed by atoms with Gasteiger partial charge in [-0.1, -0.05) is 6.85 Å². The SMILES string of the molecule is Cl.Cl.[2H]C([2H])([2H])CCN[C@H]1CCc2nc(N)sc2C1. The molecule has 1 atom stereocenters. The topological polar surface area (TPSA) is 50.9 Å². The number of nitrogen functional groups attached to an aromatic ring is 1. The molecule has 3 nitrogen and oxygen atoms in total. The molecule has 0 aromatic carbocycles. The van der Waals surface area contributed by atoms with Crippen LogP contribution in [-0.4, -0.2) is 17.6 Å². The standard InChI is InChI=1S/C10H17N3S.2ClH/c1-2-5-12-7-3-4-8-9(6-7)14-10(11)13-8;;/h7,12H,2-6H2,1H3,(H2,11,13);2*1H/t7-;;/m0../s1/i1D3;;. The zero-order chi connectivity index (χ0) is 12.5. The smallest absolute Gasteiger partial charge is 0.180 e. The summed E-state index contributed by atoms with van der Waals surface area (Å²) in [7, 11) is 0. The molecule has 94 valence electrons. The monoisotopic (exact) mass is 286 g/mol. The van der Waals surface area contributed by atoms with Crippen LogP contribution in [0, 0.1) is 0 Å². The van der Waals surface area contributed by atoms with Crippen LogP contribution in [0.1, 0.15) is 34.4 Å². The quantitative estimate of drug-likeness (QED) is 0.897. The lowest BCUT2D eigenvalue weighted by Gasteiger charge is -2.21. The van der Waals surface area contributed by atoms with Crippen molar-refractivity contribution in [2.24, 2.45) is 0 Å². The fourth-order valence-corrected chi connectivity index (χ4v) is 2.80. The van der Waals surface area contributed by atoms with Gasteiger partial charge in [-0.2, -0.15) is 0 Å². The number of anilines is 1. The number of nitrogens with one attached hydrogen (secondary N) is 1. The van der Waals surface area contributed by atoms with Crippen molar-refractivity contribution in [2.45, 2.75) is 38.6 Å². The second-order valence-corrected chi connectivity index (χ2v) is 4.68. The molecule has 0 saturated heterocycles. The summed E-state index contributed by atoms with van der Waals surface area (Å²) in [6, 6.07) is 0.365. The van der Waals surface area contributed by atoms with Gasteiger partial charge >= 0.3 is 0 Å². The van der Waals surface area contributed by atoms with Gasteiger partial charge in [0.05, 0.1) is 5.69 Å². The number of halogens is 2. The van der Waals surface area contributed by atoms with Gasteiger partial charge in [0.15, 0.2) is 5.13 Å². The normalized spacial score (nSPS) is 21.8. The second-order valence-electron chi connectivity index (χ2n) is 3.57. The molecular formula is C10H19Cl2N3S. The summed E-state index contributed by atoms with van der Waals surface area (Å²) in [4.78, 5) is 5.53. The third kappa shape index (κ3) is 3.77. The second kappa shape index (κ2) is 7.33. The van der Waals surface area contributed by atoms with E-state index in [1.165, 1.54) is 4.88 Å². The van der Waals surface area contributed by atoms with E-state index in [1.807, 2.05) is 0 Å². The van der Waals surface area contributed by atoms with E-state index in [2.05, 4.69) is 10.3 Å². The van der Waals surface area contributed by atoms with E-state index in [1.54, 1.807) is 11.3 Å². The third-order valence-corrected chi connectivity index (χ3v) is 3.46. The molecule has 1 aromatic rings. The van der Waals surface area contributed by atoms with Crippen LogP contribution in [-0.2, 0) is 12.8 Å². The Labute approximate surface area is 117 Å². The number of aryl methyl sites for hydroxylation is 1. The van der Waals surface area contributed by atoms with Crippen LogP contribution in [0.3, 0.4) is 0 Å². The van der Waals surface area contributed by atoms with Crippen molar-refractivity contribution < 1.29 is 4.11 Å². The summed E-state index contributed by atoms with van der Waals surface area (Å²) in [5, 5.41) is 3.94. The highest BCUT2D eigenvalue weighted by Gasteiger charge is 2.21. The van der Waals surface area contributed by atoms with E-state index >= 15 is 0 Å². The van der Waals surface area contributed by atoms with E-state index in [-0.39, 0.29) is 31.2 Å². The fourth-order valence-electron chi connectivity index (χ4n) is 1.85. The highest BCUT2D eigenvalue weighted by molar-refractivity contribution is 7.15. The highest BCUT2D eigenvalue weighted by atomic mass is 35.5. The van der Waals surface area contributed by atoms with Crippen molar-refractivity contribution in [3.05, 3.63) is 10.6 Å². The largest absolute Gasteiger partial charge is 0.375 e. The molecule has 1 heterocycles. The van der Waals surface area contributed by atoms with Gasteiger partial charge in [-0.25, -0.2) is 4.98 Å². The molecule has 16 heavy (non-hydrogen) atoms. The van der Waals surface area contributed by atoms with E-state index in [9.17, 15) is 0 Å². The molecule has 1 aliphatic rings. The van der Waals surface area contributed by atoms with Crippen molar-refractivity contribution in [1.29, 1.82) is 0 Å². The molecule has 6 heteroatoms. The summed E-state index contributed by atoms with van der Waals surface area (Å²) in [6.45, 7) is -1.29. The van der Waals surface area contributed by atoms with Crippen LogP contribution >= 0.6 is 36.2 Å². The van der Waals surface area contributed by atoms with Gasteiger partial charge in [-0.3, -0.25) is 0 Å². The fraction of sp³-hybridized carbons (Fsp3) is 0.700. The highest BCUT2D eigenvalue weighted by Crippen LogP contribution is 2.27. The van der Waals surface area contributed by atoms with Crippen LogP contribution in [0.4, 0.5) is 5.13 Å². The molecule has 0 saturated carbocycles. The summed E-state index contributed by atoms with van der Waals surface area (Å²) >= 11 is 1.55. The molecular weight excluding hydrogens is 265 g/mol. The number of thiazole rings is 1. The third-order valence-electron chi connectivity index (χ3n) is 2.51. The molecule has 0 fully saturated rings. The summed E-state index contributed by atoms with van der Waals surface area (Å²) in [5.74, 6) is 0. The molecule has 0 amide bonds. The van der Waals surface area contributed by atoms with Gasteiger partial charge in [0.2, 0.25) is 0 Å². The van der Waals surface area contributed by atoms with Crippen LogP contribution < -0.4 is 11.1 Å². The van der Waals surface area contributed by atoms with E-state index in [0.29, 0.717) is 17.7 Å². The minimum Gasteiger partial charge on any atom is -0.375 e. The number of nitrogens with zero attached hydrogens (tertiary/aromatic N) is 1. The zero-order valence-electron chi connectivity index (χ0n) is 11.9. The average Bonchev–Trinajstić information content (AvgIpc) is 2.55. The number of hydrogen-bond acceptors (Lipinski definition) is 4. The predicted octanol–water partition coefficient (Wildman–Crippen LogP) is 2.43. The molecule has 0 unspecified atom stereocenters. The van der Waals surface area contributed by atoms with Crippen molar-refractivity contribution in [3.8, 4) is 0 Å². The maximum Gasteiger partial charge on any atom is 0.180 e. The lowest BCUT2D eigenvalue weighted by atomic mass is 9.98. The lowest BCUT2D eigenvalue weighted by Crippen LogP contribution is -2.34. The molecule has 1 aliphatic carbocycles. The first-order valence-corrected chi connectivity index (χ1v) is 5.73. The minimum absolute atomic E-state index is 0. The van der Waals surface area contributed by atoms with Crippen LogP contribution in [0.2, 0.25) is 0 Å². The molecule has 2 rings (SSSR count). The van der Waals surface area contributed by atoms with Gasteiger partial charge in [0.25, 0.3) is 0 Å². The minimum atomic E-state index is -1.83. The summed E-state index contributed by atoms with van der Waals surface area (Å²) in [5.41, 5.74) is 6.80. The van der Waals surface area contributed by atoms with Crippen molar-refractivity contribution in [2.75, 3.05) is 12.3 Å². The van der Waals surface area contributed by atoms with E-state index in [0.717, 1.165) is 25.0 Å². The Morgan fingerprint density at radius 1 is 1.62 bits per heavy atom.